The topological polar surface area (TPSA) is 123 Å². The molecule has 0 aromatic carbocycles. The number of carbonyl (C=O) groups excluding carboxylic acids is 2. The molecule has 5 rings (SSSR count). The van der Waals surface area contributed by atoms with E-state index in [0.717, 1.165) is 32.1 Å². The first-order valence-corrected chi connectivity index (χ1v) is 12.5. The summed E-state index contributed by atoms with van der Waals surface area (Å²) in [6.45, 7) is 7.75. The SMILES string of the molecule is COC(=O)NC(C)(C)COc1noc(C(=O)NC2C3CC4CC2CC(O)(C4)C3)c1SC(C)C. The lowest BCUT2D eigenvalue weighted by atomic mass is 9.52. The zero-order valence-electron chi connectivity index (χ0n) is 20.0. The number of hydrogen-bond donors (Lipinski definition) is 3. The van der Waals surface area contributed by atoms with Gasteiger partial charge in [-0.3, -0.25) is 4.79 Å². The molecule has 10 heteroatoms. The lowest BCUT2D eigenvalue weighted by molar-refractivity contribution is -0.137. The Balaban J connectivity index is 1.46. The summed E-state index contributed by atoms with van der Waals surface area (Å²) in [6.07, 6.45) is 3.98. The van der Waals surface area contributed by atoms with Gasteiger partial charge in [0.1, 0.15) is 11.5 Å². The third-order valence-electron chi connectivity index (χ3n) is 6.91. The van der Waals surface area contributed by atoms with Gasteiger partial charge in [-0.15, -0.1) is 11.8 Å². The number of hydrogen-bond acceptors (Lipinski definition) is 8. The molecule has 4 saturated carbocycles. The van der Waals surface area contributed by atoms with Gasteiger partial charge in [0.25, 0.3) is 11.8 Å². The van der Waals surface area contributed by atoms with E-state index in [1.54, 1.807) is 13.8 Å². The van der Waals surface area contributed by atoms with E-state index in [9.17, 15) is 14.7 Å². The predicted octanol–water partition coefficient (Wildman–Crippen LogP) is 3.36. The van der Waals surface area contributed by atoms with Crippen LogP contribution in [0.15, 0.2) is 9.42 Å². The summed E-state index contributed by atoms with van der Waals surface area (Å²) in [5.41, 5.74) is -1.26. The van der Waals surface area contributed by atoms with Crippen LogP contribution in [0, 0.1) is 17.8 Å². The van der Waals surface area contributed by atoms with E-state index < -0.39 is 17.2 Å². The Hall–Kier alpha value is -1.94. The third-order valence-corrected chi connectivity index (χ3v) is 7.98. The number of rotatable bonds is 8. The van der Waals surface area contributed by atoms with Gasteiger partial charge in [0.2, 0.25) is 5.76 Å². The fourth-order valence-electron chi connectivity index (χ4n) is 5.89. The molecule has 2 atom stereocenters. The number of methoxy groups -OCH3 is 1. The molecule has 2 amide bonds. The Labute approximate surface area is 198 Å². The number of aliphatic hydroxyl groups is 1. The average Bonchev–Trinajstić information content (AvgIpc) is 3.09. The summed E-state index contributed by atoms with van der Waals surface area (Å²) in [4.78, 5) is 25.4. The lowest BCUT2D eigenvalue weighted by Gasteiger charge is -2.58. The Morgan fingerprint density at radius 1 is 1.27 bits per heavy atom. The molecular formula is C23H35N3O6S. The van der Waals surface area contributed by atoms with Crippen molar-refractivity contribution in [2.45, 2.75) is 87.1 Å². The summed E-state index contributed by atoms with van der Waals surface area (Å²) >= 11 is 1.45. The van der Waals surface area contributed by atoms with Gasteiger partial charge in [0.05, 0.1) is 18.2 Å². The highest BCUT2D eigenvalue weighted by Crippen LogP contribution is 2.55. The third kappa shape index (κ3) is 5.26. The smallest absolute Gasteiger partial charge is 0.407 e. The summed E-state index contributed by atoms with van der Waals surface area (Å²) in [5.74, 6) is 1.26. The number of thioether (sulfide) groups is 1. The van der Waals surface area contributed by atoms with Crippen molar-refractivity contribution >= 4 is 23.8 Å². The number of nitrogens with zero attached hydrogens (tertiary/aromatic N) is 1. The van der Waals surface area contributed by atoms with Gasteiger partial charge in [-0.25, -0.2) is 4.79 Å². The van der Waals surface area contributed by atoms with Gasteiger partial charge >= 0.3 is 6.09 Å². The first-order valence-electron chi connectivity index (χ1n) is 11.7. The molecule has 0 saturated heterocycles. The minimum absolute atomic E-state index is 0.0453. The van der Waals surface area contributed by atoms with Crippen LogP contribution in [0.5, 0.6) is 5.88 Å². The van der Waals surface area contributed by atoms with Crippen molar-refractivity contribution in [3.63, 3.8) is 0 Å². The van der Waals surface area contributed by atoms with Crippen molar-refractivity contribution in [1.29, 1.82) is 0 Å². The van der Waals surface area contributed by atoms with Crippen LogP contribution in [0.2, 0.25) is 0 Å². The average molecular weight is 482 g/mol. The quantitative estimate of drug-likeness (QED) is 0.483. The van der Waals surface area contributed by atoms with Crippen molar-refractivity contribution in [3.05, 3.63) is 5.76 Å². The van der Waals surface area contributed by atoms with E-state index in [4.69, 9.17) is 9.26 Å². The Morgan fingerprint density at radius 3 is 2.52 bits per heavy atom. The second-order valence-electron chi connectivity index (χ2n) is 10.8. The van der Waals surface area contributed by atoms with E-state index in [0.29, 0.717) is 22.6 Å². The molecule has 3 N–H and O–H groups in total. The molecule has 4 fully saturated rings. The van der Waals surface area contributed by atoms with E-state index in [2.05, 4.69) is 20.5 Å². The molecular weight excluding hydrogens is 446 g/mol. The van der Waals surface area contributed by atoms with Gasteiger partial charge < -0.3 is 29.7 Å². The zero-order valence-corrected chi connectivity index (χ0v) is 20.8. The fourth-order valence-corrected chi connectivity index (χ4v) is 6.79. The van der Waals surface area contributed by atoms with Crippen LogP contribution < -0.4 is 15.4 Å². The number of aromatic nitrogens is 1. The molecule has 0 aliphatic heterocycles. The molecule has 4 aliphatic carbocycles. The normalized spacial score (nSPS) is 30.4. The number of ether oxygens (including phenoxy) is 2. The van der Waals surface area contributed by atoms with Crippen LogP contribution in [0.3, 0.4) is 0 Å². The Bertz CT molecular complexity index is 885. The molecule has 1 aromatic rings. The first-order chi connectivity index (χ1) is 15.5. The van der Waals surface area contributed by atoms with Gasteiger partial charge in [0.15, 0.2) is 0 Å². The molecule has 1 aromatic heterocycles. The first kappa shape index (κ1) is 24.2. The van der Waals surface area contributed by atoms with E-state index in [1.807, 2.05) is 13.8 Å². The fraction of sp³-hybridized carbons (Fsp3) is 0.783. The molecule has 4 bridgehead atoms. The molecule has 1 heterocycles. The minimum Gasteiger partial charge on any atom is -0.472 e. The summed E-state index contributed by atoms with van der Waals surface area (Å²) < 4.78 is 16.0. The van der Waals surface area contributed by atoms with Crippen LogP contribution in [0.4, 0.5) is 4.79 Å². The highest BCUT2D eigenvalue weighted by Gasteiger charge is 2.55. The largest absolute Gasteiger partial charge is 0.472 e. The van der Waals surface area contributed by atoms with Crippen LogP contribution in [-0.2, 0) is 4.74 Å². The van der Waals surface area contributed by atoms with E-state index in [1.165, 1.54) is 18.9 Å². The predicted molar refractivity (Wildman–Crippen MR) is 122 cm³/mol. The molecule has 0 spiro atoms. The zero-order chi connectivity index (χ0) is 24.0. The van der Waals surface area contributed by atoms with Crippen LogP contribution in [0.1, 0.15) is 70.4 Å². The number of alkyl carbamates (subject to hydrolysis) is 1. The van der Waals surface area contributed by atoms with E-state index in [-0.39, 0.29) is 35.4 Å². The molecule has 184 valence electrons. The second-order valence-corrected chi connectivity index (χ2v) is 12.4. The summed E-state index contributed by atoms with van der Waals surface area (Å²) in [5, 5.41) is 20.9. The van der Waals surface area contributed by atoms with Crippen molar-refractivity contribution in [2.75, 3.05) is 13.7 Å². The molecule has 0 radical (unpaired) electrons. The lowest BCUT2D eigenvalue weighted by Crippen LogP contribution is -2.61. The molecule has 9 nitrogen and oxygen atoms in total. The summed E-state index contributed by atoms with van der Waals surface area (Å²) in [6, 6.07) is 0.0453. The van der Waals surface area contributed by atoms with Crippen LogP contribution in [0.25, 0.3) is 0 Å². The van der Waals surface area contributed by atoms with Crippen LogP contribution >= 0.6 is 11.8 Å². The number of amides is 2. The second kappa shape index (κ2) is 9.02. The van der Waals surface area contributed by atoms with Gasteiger partial charge in [-0.05, 0) is 68.9 Å². The van der Waals surface area contributed by atoms with Crippen molar-refractivity contribution in [3.8, 4) is 5.88 Å². The highest BCUT2D eigenvalue weighted by atomic mass is 32.2. The highest BCUT2D eigenvalue weighted by molar-refractivity contribution is 8.00. The number of nitrogens with one attached hydrogen (secondary N) is 2. The Morgan fingerprint density at radius 2 is 1.94 bits per heavy atom. The van der Waals surface area contributed by atoms with E-state index >= 15 is 0 Å². The molecule has 4 aliphatic rings. The molecule has 2 unspecified atom stereocenters. The van der Waals surface area contributed by atoms with Crippen molar-refractivity contribution in [2.24, 2.45) is 17.8 Å². The maximum Gasteiger partial charge on any atom is 0.407 e. The molecule has 33 heavy (non-hydrogen) atoms. The van der Waals surface area contributed by atoms with Gasteiger partial charge in [-0.2, -0.15) is 0 Å². The summed E-state index contributed by atoms with van der Waals surface area (Å²) in [7, 11) is 1.30. The maximum absolute atomic E-state index is 13.3. The van der Waals surface area contributed by atoms with Gasteiger partial charge in [0, 0.05) is 11.3 Å². The van der Waals surface area contributed by atoms with Crippen molar-refractivity contribution in [1.82, 2.24) is 15.8 Å². The maximum atomic E-state index is 13.3. The van der Waals surface area contributed by atoms with Crippen LogP contribution in [-0.4, -0.2) is 58.4 Å². The standard InChI is InChI=1S/C23H35N3O6S/c1-12(2)33-18-17(32-26-20(18)31-11-22(3,4)25-21(28)30-5)19(27)24-16-14-6-13-7-15(16)10-23(29,8-13)9-14/h12-16,29H,6-11H2,1-5H3,(H,24,27)(H,25,28). The minimum atomic E-state index is -0.713. The number of carbonyl (C=O) groups is 2. The van der Waals surface area contributed by atoms with Crippen molar-refractivity contribution < 1.29 is 28.7 Å². The Kier molecular flexibility index (Phi) is 6.61. The monoisotopic (exact) mass is 481 g/mol. The van der Waals surface area contributed by atoms with Gasteiger partial charge in [-0.1, -0.05) is 13.8 Å².